The molecule has 4 saturated heterocycles. The first kappa shape index (κ1) is 29.8. The van der Waals surface area contributed by atoms with Crippen molar-refractivity contribution in [3.05, 3.63) is 0 Å². The van der Waals surface area contributed by atoms with Gasteiger partial charge in [-0.25, -0.2) is 0 Å². The minimum absolute atomic E-state index is 0.0897. The zero-order valence-electron chi connectivity index (χ0n) is 27.0. The predicted molar refractivity (Wildman–Crippen MR) is 183 cm³/mol. The van der Waals surface area contributed by atoms with Crippen molar-refractivity contribution in [2.75, 3.05) is 0 Å². The van der Waals surface area contributed by atoms with Gasteiger partial charge in [0.1, 0.15) is 18.5 Å². The zero-order valence-corrected chi connectivity index (χ0v) is 29.4. The third-order valence-corrected chi connectivity index (χ3v) is 13.7. The number of fused-ring (bicyclic) bond motifs is 6. The molecule has 0 aromatic carbocycles. The van der Waals surface area contributed by atoms with Crippen molar-refractivity contribution in [3.63, 3.8) is 0 Å². The number of hydrogen-bond donors (Lipinski definition) is 0. The van der Waals surface area contributed by atoms with Crippen LogP contribution in [-0.2, 0) is 0 Å². The summed E-state index contributed by atoms with van der Waals surface area (Å²) < 4.78 is 0. The maximum Gasteiger partial charge on any atom is 0.175 e. The Morgan fingerprint density at radius 3 is 0.833 bits per heavy atom. The summed E-state index contributed by atoms with van der Waals surface area (Å²) in [5.41, 5.74) is -0.494. The average molecular weight is 631 g/mol. The monoisotopic (exact) mass is 630 g/mol. The molecule has 0 spiro atoms. The summed E-state index contributed by atoms with van der Waals surface area (Å²) in [5, 5.41) is 3.09. The standard InChI is InChI=1S/C33H54N6S3/c1-31(2)25-34(28(40)37(31)22-16-10-7-11-17-22)26-32(3,4)39(24-20-14-9-15-21-24)30(42)36(26)27-33(5,6)38(29(41)35(25)27)23-18-12-8-13-19-23/h22-27H,7-21H2,1-6H3. The van der Waals surface area contributed by atoms with Gasteiger partial charge < -0.3 is 29.4 Å². The van der Waals surface area contributed by atoms with E-state index in [1.807, 2.05) is 0 Å². The quantitative estimate of drug-likeness (QED) is 0.304. The van der Waals surface area contributed by atoms with E-state index in [0.29, 0.717) is 18.1 Å². The van der Waals surface area contributed by atoms with E-state index < -0.39 is 0 Å². The summed E-state index contributed by atoms with van der Waals surface area (Å²) in [7, 11) is 0. The number of hydrogen-bond acceptors (Lipinski definition) is 3. The Morgan fingerprint density at radius 1 is 0.405 bits per heavy atom. The van der Waals surface area contributed by atoms with Gasteiger partial charge >= 0.3 is 0 Å². The van der Waals surface area contributed by atoms with Crippen LogP contribution in [0.25, 0.3) is 0 Å². The van der Waals surface area contributed by atoms with Gasteiger partial charge in [0.25, 0.3) is 0 Å². The third kappa shape index (κ3) is 3.99. The fourth-order valence-electron chi connectivity index (χ4n) is 10.9. The molecular weight excluding hydrogens is 577 g/mol. The lowest BCUT2D eigenvalue weighted by atomic mass is 9.86. The fourth-order valence-corrected chi connectivity index (χ4v) is 12.6. The molecular formula is C33H54N6S3. The smallest absolute Gasteiger partial charge is 0.175 e. The van der Waals surface area contributed by atoms with E-state index in [9.17, 15) is 0 Å². The minimum atomic E-state index is -0.165. The van der Waals surface area contributed by atoms with Gasteiger partial charge in [-0.15, -0.1) is 0 Å². The molecule has 4 heterocycles. The van der Waals surface area contributed by atoms with E-state index in [0.717, 1.165) is 15.3 Å². The number of nitrogens with zero attached hydrogens (tertiary/aromatic N) is 6. The van der Waals surface area contributed by atoms with Crippen LogP contribution >= 0.6 is 36.7 Å². The Balaban J connectivity index is 1.38. The molecule has 0 aromatic heterocycles. The van der Waals surface area contributed by atoms with Crippen molar-refractivity contribution in [2.45, 2.75) is 191 Å². The number of thiocarbonyl (C=S) groups is 3. The zero-order chi connectivity index (χ0) is 29.8. The molecule has 7 rings (SSSR count). The van der Waals surface area contributed by atoms with Gasteiger partial charge in [0.05, 0.1) is 16.6 Å². The lowest BCUT2D eigenvalue weighted by Gasteiger charge is -2.57. The molecule has 7 aliphatic rings. The summed E-state index contributed by atoms with van der Waals surface area (Å²) in [6, 6.07) is 1.51. The van der Waals surface area contributed by atoms with Crippen molar-refractivity contribution < 1.29 is 0 Å². The molecule has 0 radical (unpaired) electrons. The van der Waals surface area contributed by atoms with Gasteiger partial charge in [0.2, 0.25) is 0 Å². The summed E-state index contributed by atoms with van der Waals surface area (Å²) in [6.45, 7) is 14.8. The molecule has 4 aliphatic heterocycles. The highest BCUT2D eigenvalue weighted by Crippen LogP contribution is 2.56. The second-order valence-electron chi connectivity index (χ2n) is 16.1. The Bertz CT molecular complexity index is 969. The van der Waals surface area contributed by atoms with Crippen LogP contribution in [0.15, 0.2) is 0 Å². The van der Waals surface area contributed by atoms with Crippen LogP contribution in [0.1, 0.15) is 138 Å². The highest BCUT2D eigenvalue weighted by molar-refractivity contribution is 7.80. The van der Waals surface area contributed by atoms with Crippen LogP contribution in [0.4, 0.5) is 0 Å². The molecule has 0 N–H and O–H groups in total. The summed E-state index contributed by atoms with van der Waals surface area (Å²) in [5.74, 6) is 0. The fraction of sp³-hybridized carbons (Fsp3) is 0.909. The molecule has 0 unspecified atom stereocenters. The molecule has 0 bridgehead atoms. The Morgan fingerprint density at radius 2 is 0.619 bits per heavy atom. The average Bonchev–Trinajstić information content (AvgIpc) is 3.40. The topological polar surface area (TPSA) is 19.4 Å². The minimum Gasteiger partial charge on any atom is -0.337 e. The van der Waals surface area contributed by atoms with Crippen molar-refractivity contribution in [3.8, 4) is 0 Å². The summed E-state index contributed by atoms with van der Waals surface area (Å²) >= 11 is 19.9. The largest absolute Gasteiger partial charge is 0.337 e. The first-order valence-corrected chi connectivity index (χ1v) is 18.5. The van der Waals surface area contributed by atoms with Crippen molar-refractivity contribution >= 4 is 52.0 Å². The first-order chi connectivity index (χ1) is 19.9. The summed E-state index contributed by atoms with van der Waals surface area (Å²) in [6.07, 6.45) is 19.6. The van der Waals surface area contributed by atoms with Crippen molar-refractivity contribution in [1.29, 1.82) is 0 Å². The maximum atomic E-state index is 6.62. The van der Waals surface area contributed by atoms with Crippen molar-refractivity contribution in [2.24, 2.45) is 0 Å². The molecule has 0 amide bonds. The normalized spacial score (nSPS) is 35.3. The van der Waals surface area contributed by atoms with E-state index >= 15 is 0 Å². The molecule has 9 heteroatoms. The van der Waals surface area contributed by atoms with Gasteiger partial charge in [-0.05, 0) is 117 Å². The van der Waals surface area contributed by atoms with Gasteiger partial charge in [-0.2, -0.15) is 0 Å². The Hall–Kier alpha value is -0.930. The van der Waals surface area contributed by atoms with E-state index in [2.05, 4.69) is 70.9 Å². The lowest BCUT2D eigenvalue weighted by molar-refractivity contribution is -0.114. The predicted octanol–water partition coefficient (Wildman–Crippen LogP) is 7.02. The molecule has 6 nitrogen and oxygen atoms in total. The van der Waals surface area contributed by atoms with Crippen LogP contribution in [-0.4, -0.2) is 98.0 Å². The second-order valence-corrected chi connectivity index (χ2v) is 17.2. The Labute approximate surface area is 271 Å². The van der Waals surface area contributed by atoms with E-state index in [4.69, 9.17) is 36.7 Å². The summed E-state index contributed by atoms with van der Waals surface area (Å²) in [4.78, 5) is 15.9. The van der Waals surface area contributed by atoms with Gasteiger partial charge in [-0.3, -0.25) is 0 Å². The van der Waals surface area contributed by atoms with Gasteiger partial charge in [0, 0.05) is 18.1 Å². The van der Waals surface area contributed by atoms with Crippen LogP contribution in [0.3, 0.4) is 0 Å². The van der Waals surface area contributed by atoms with Crippen LogP contribution in [0.2, 0.25) is 0 Å². The molecule has 0 atom stereocenters. The number of rotatable bonds is 3. The highest BCUT2D eigenvalue weighted by atomic mass is 32.1. The van der Waals surface area contributed by atoms with Crippen LogP contribution < -0.4 is 0 Å². The van der Waals surface area contributed by atoms with E-state index in [1.54, 1.807) is 0 Å². The highest BCUT2D eigenvalue weighted by Gasteiger charge is 2.73. The Kier molecular flexibility index (Phi) is 7.30. The molecule has 0 aromatic rings. The van der Waals surface area contributed by atoms with Crippen LogP contribution in [0, 0.1) is 0 Å². The first-order valence-electron chi connectivity index (χ1n) is 17.3. The maximum absolute atomic E-state index is 6.62. The van der Waals surface area contributed by atoms with Crippen LogP contribution in [0.5, 0.6) is 0 Å². The molecule has 3 aliphatic carbocycles. The molecule has 7 fully saturated rings. The second kappa shape index (κ2) is 10.3. The molecule has 3 saturated carbocycles. The van der Waals surface area contributed by atoms with E-state index in [-0.39, 0.29) is 35.1 Å². The lowest BCUT2D eigenvalue weighted by Crippen LogP contribution is -2.75. The third-order valence-electron chi connectivity index (χ3n) is 12.4. The SMILES string of the molecule is CC1(C)C2N3C(=S)N(C4CCCCC4)C(C)(C)C3N3C(=S)N(C4CCCCC4)C(C)(C)C3N2C(=S)N1C1CCCCC1. The molecule has 42 heavy (non-hydrogen) atoms. The van der Waals surface area contributed by atoms with Gasteiger partial charge in [0.15, 0.2) is 15.3 Å². The molecule has 234 valence electrons. The van der Waals surface area contributed by atoms with E-state index in [1.165, 1.54) is 96.3 Å². The van der Waals surface area contributed by atoms with Gasteiger partial charge in [-0.1, -0.05) is 57.8 Å². The van der Waals surface area contributed by atoms with Crippen molar-refractivity contribution in [1.82, 2.24) is 29.4 Å².